The summed E-state index contributed by atoms with van der Waals surface area (Å²) in [6, 6.07) is 5.66. The highest BCUT2D eigenvalue weighted by atomic mass is 79.9. The predicted molar refractivity (Wildman–Crippen MR) is 74.0 cm³/mol. The van der Waals surface area contributed by atoms with E-state index in [4.69, 9.17) is 0 Å². The van der Waals surface area contributed by atoms with Crippen LogP contribution in [0.15, 0.2) is 50.5 Å². The molecule has 3 nitrogen and oxygen atoms in total. The summed E-state index contributed by atoms with van der Waals surface area (Å²) in [5.74, 6) is 0. The molecule has 0 bridgehead atoms. The first-order chi connectivity index (χ1) is 8.16. The van der Waals surface area contributed by atoms with E-state index >= 15 is 0 Å². The lowest BCUT2D eigenvalue weighted by Gasteiger charge is -2.06. The summed E-state index contributed by atoms with van der Waals surface area (Å²) < 4.78 is 3.13. The fraction of sp³-hybridized carbons (Fsp3) is 0.167. The third-order valence-electron chi connectivity index (χ3n) is 2.37. The second kappa shape index (κ2) is 5.60. The van der Waals surface area contributed by atoms with Crippen molar-refractivity contribution in [1.29, 1.82) is 0 Å². The molecule has 0 aliphatic heterocycles. The molecule has 0 fully saturated rings. The molecular weight excluding hydrogens is 348 g/mol. The summed E-state index contributed by atoms with van der Waals surface area (Å²) in [5, 5.41) is 0. The van der Waals surface area contributed by atoms with Crippen LogP contribution in [0, 0.1) is 0 Å². The monoisotopic (exact) mass is 356 g/mol. The van der Waals surface area contributed by atoms with Crippen molar-refractivity contribution in [2.24, 2.45) is 0 Å². The molecule has 2 heterocycles. The summed E-state index contributed by atoms with van der Waals surface area (Å²) in [4.78, 5) is 15.9. The second-order valence-corrected chi connectivity index (χ2v) is 5.39. The van der Waals surface area contributed by atoms with Crippen LogP contribution in [0.1, 0.15) is 5.56 Å². The summed E-state index contributed by atoms with van der Waals surface area (Å²) in [5.41, 5.74) is 1.10. The van der Waals surface area contributed by atoms with Crippen LogP contribution in [0.25, 0.3) is 0 Å². The molecule has 0 radical (unpaired) electrons. The van der Waals surface area contributed by atoms with Gasteiger partial charge in [0.15, 0.2) is 0 Å². The van der Waals surface area contributed by atoms with E-state index in [1.165, 1.54) is 0 Å². The van der Waals surface area contributed by atoms with Gasteiger partial charge in [0.05, 0.1) is 4.47 Å². The average Bonchev–Trinajstić information content (AvgIpc) is 2.33. The molecule has 2 aromatic heterocycles. The Morgan fingerprint density at radius 2 is 2.18 bits per heavy atom. The van der Waals surface area contributed by atoms with Gasteiger partial charge in [-0.05, 0) is 56.0 Å². The minimum Gasteiger partial charge on any atom is -0.313 e. The molecule has 0 spiro atoms. The third-order valence-corrected chi connectivity index (χ3v) is 3.37. The van der Waals surface area contributed by atoms with Crippen molar-refractivity contribution in [3.8, 4) is 0 Å². The number of hydrogen-bond donors (Lipinski definition) is 0. The fourth-order valence-corrected chi connectivity index (χ4v) is 2.78. The number of rotatable bonds is 3. The van der Waals surface area contributed by atoms with Gasteiger partial charge in [-0.3, -0.25) is 9.78 Å². The van der Waals surface area contributed by atoms with E-state index in [0.717, 1.165) is 16.5 Å². The minimum absolute atomic E-state index is 0.0166. The maximum Gasteiger partial charge on any atom is 0.264 e. The maximum absolute atomic E-state index is 11.8. The largest absolute Gasteiger partial charge is 0.313 e. The van der Waals surface area contributed by atoms with Crippen LogP contribution in [0.4, 0.5) is 0 Å². The molecular formula is C12H10Br2N2O. The summed E-state index contributed by atoms with van der Waals surface area (Å²) >= 11 is 6.62. The standard InChI is InChI=1S/C12H10Br2N2O/c13-10-6-11(14)12(17)16(8-10)5-3-9-2-1-4-15-7-9/h1-2,4,6-8H,3,5H2. The van der Waals surface area contributed by atoms with Crippen molar-refractivity contribution >= 4 is 31.9 Å². The van der Waals surface area contributed by atoms with E-state index in [1.807, 2.05) is 18.3 Å². The highest BCUT2D eigenvalue weighted by molar-refractivity contribution is 9.11. The van der Waals surface area contributed by atoms with Gasteiger partial charge in [0.2, 0.25) is 0 Å². The van der Waals surface area contributed by atoms with Crippen molar-refractivity contribution in [3.05, 3.63) is 61.7 Å². The van der Waals surface area contributed by atoms with Gasteiger partial charge >= 0.3 is 0 Å². The second-order valence-electron chi connectivity index (χ2n) is 3.62. The SMILES string of the molecule is O=c1c(Br)cc(Br)cn1CCc1cccnc1. The van der Waals surface area contributed by atoms with Gasteiger partial charge in [-0.1, -0.05) is 6.07 Å². The lowest BCUT2D eigenvalue weighted by atomic mass is 10.2. The molecule has 0 unspecified atom stereocenters. The zero-order chi connectivity index (χ0) is 12.3. The van der Waals surface area contributed by atoms with Gasteiger partial charge in [-0.2, -0.15) is 0 Å². The molecule has 0 N–H and O–H groups in total. The van der Waals surface area contributed by atoms with Crippen LogP contribution in [0.2, 0.25) is 0 Å². The van der Waals surface area contributed by atoms with E-state index in [-0.39, 0.29) is 5.56 Å². The van der Waals surface area contributed by atoms with Crippen molar-refractivity contribution in [2.45, 2.75) is 13.0 Å². The highest BCUT2D eigenvalue weighted by Gasteiger charge is 2.03. The Bertz CT molecular complexity index is 566. The lowest BCUT2D eigenvalue weighted by Crippen LogP contribution is -2.21. The molecule has 2 aromatic rings. The zero-order valence-electron chi connectivity index (χ0n) is 8.94. The summed E-state index contributed by atoms with van der Waals surface area (Å²) in [7, 11) is 0. The van der Waals surface area contributed by atoms with Crippen molar-refractivity contribution < 1.29 is 0 Å². The van der Waals surface area contributed by atoms with Gasteiger partial charge in [0.1, 0.15) is 0 Å². The first-order valence-electron chi connectivity index (χ1n) is 5.11. The van der Waals surface area contributed by atoms with Gasteiger partial charge in [0, 0.05) is 29.6 Å². The molecule has 0 aliphatic carbocycles. The Morgan fingerprint density at radius 3 is 2.88 bits per heavy atom. The van der Waals surface area contributed by atoms with E-state index < -0.39 is 0 Å². The average molecular weight is 358 g/mol. The van der Waals surface area contributed by atoms with E-state index in [9.17, 15) is 4.79 Å². The van der Waals surface area contributed by atoms with E-state index in [0.29, 0.717) is 11.0 Å². The number of aryl methyl sites for hydroxylation is 2. The lowest BCUT2D eigenvalue weighted by molar-refractivity contribution is 0.663. The Balaban J connectivity index is 2.17. The topological polar surface area (TPSA) is 34.9 Å². The van der Waals surface area contributed by atoms with E-state index in [2.05, 4.69) is 36.8 Å². The van der Waals surface area contributed by atoms with Crippen molar-refractivity contribution in [2.75, 3.05) is 0 Å². The van der Waals surface area contributed by atoms with Crippen LogP contribution in [0.3, 0.4) is 0 Å². The van der Waals surface area contributed by atoms with Gasteiger partial charge in [-0.15, -0.1) is 0 Å². The first-order valence-corrected chi connectivity index (χ1v) is 6.70. The number of hydrogen-bond acceptors (Lipinski definition) is 2. The van der Waals surface area contributed by atoms with Crippen LogP contribution >= 0.6 is 31.9 Å². The molecule has 2 rings (SSSR count). The molecule has 0 aromatic carbocycles. The minimum atomic E-state index is -0.0166. The Morgan fingerprint density at radius 1 is 1.35 bits per heavy atom. The van der Waals surface area contributed by atoms with E-state index in [1.54, 1.807) is 23.0 Å². The number of pyridine rings is 2. The number of nitrogens with zero attached hydrogens (tertiary/aromatic N) is 2. The molecule has 5 heteroatoms. The molecule has 0 saturated carbocycles. The Kier molecular flexibility index (Phi) is 4.12. The van der Waals surface area contributed by atoms with Crippen LogP contribution in [-0.2, 0) is 13.0 Å². The van der Waals surface area contributed by atoms with Gasteiger partial charge < -0.3 is 4.57 Å². The van der Waals surface area contributed by atoms with Crippen molar-refractivity contribution in [3.63, 3.8) is 0 Å². The molecule has 0 aliphatic rings. The Labute approximate surface area is 116 Å². The molecule has 0 saturated heterocycles. The quantitative estimate of drug-likeness (QED) is 0.846. The first kappa shape index (κ1) is 12.5. The summed E-state index contributed by atoms with van der Waals surface area (Å²) in [6.45, 7) is 0.641. The predicted octanol–water partition coefficient (Wildman–Crippen LogP) is 3.01. The molecule has 17 heavy (non-hydrogen) atoms. The highest BCUT2D eigenvalue weighted by Crippen LogP contribution is 2.13. The van der Waals surface area contributed by atoms with Gasteiger partial charge in [0.25, 0.3) is 5.56 Å². The molecule has 88 valence electrons. The van der Waals surface area contributed by atoms with Crippen LogP contribution in [-0.4, -0.2) is 9.55 Å². The van der Waals surface area contributed by atoms with Crippen LogP contribution in [0.5, 0.6) is 0 Å². The third kappa shape index (κ3) is 3.26. The normalized spacial score (nSPS) is 10.5. The number of aromatic nitrogens is 2. The van der Waals surface area contributed by atoms with Crippen LogP contribution < -0.4 is 5.56 Å². The van der Waals surface area contributed by atoms with Gasteiger partial charge in [-0.25, -0.2) is 0 Å². The molecule has 0 atom stereocenters. The maximum atomic E-state index is 11.8. The summed E-state index contributed by atoms with van der Waals surface area (Å²) in [6.07, 6.45) is 6.14. The Hall–Kier alpha value is -0.940. The zero-order valence-corrected chi connectivity index (χ0v) is 12.1. The number of halogens is 2. The molecule has 0 amide bonds. The fourth-order valence-electron chi connectivity index (χ4n) is 1.53. The van der Waals surface area contributed by atoms with Crippen molar-refractivity contribution in [1.82, 2.24) is 9.55 Å². The smallest absolute Gasteiger partial charge is 0.264 e.